The average Bonchev–Trinajstić information content (AvgIpc) is 2.17. The van der Waals surface area contributed by atoms with Gasteiger partial charge in [-0.25, -0.2) is 8.42 Å². The lowest BCUT2D eigenvalue weighted by atomic mass is 10.2. The van der Waals surface area contributed by atoms with Gasteiger partial charge in [0, 0.05) is 0 Å². The summed E-state index contributed by atoms with van der Waals surface area (Å²) in [7, 11) is -2.90. The normalized spacial score (nSPS) is 11.5. The van der Waals surface area contributed by atoms with Crippen LogP contribution in [0.2, 0.25) is 0 Å². The highest BCUT2D eigenvalue weighted by molar-refractivity contribution is 9.10. The second-order valence-electron chi connectivity index (χ2n) is 2.79. The first-order chi connectivity index (χ1) is 6.14. The predicted octanol–water partition coefficient (Wildman–Crippen LogP) is 2.00. The number of halogens is 1. The van der Waals surface area contributed by atoms with Crippen molar-refractivity contribution in [2.75, 3.05) is 10.4 Å². The predicted molar refractivity (Wildman–Crippen MR) is 57.7 cm³/mol. The molecule has 0 saturated heterocycles. The zero-order chi connectivity index (χ0) is 9.73. The fourth-order valence-corrected chi connectivity index (χ4v) is 2.32. The Hall–Kier alpha value is -0.350. The van der Waals surface area contributed by atoms with Crippen LogP contribution in [0.25, 0.3) is 0 Å². The Kier molecular flexibility index (Phi) is 3.93. The van der Waals surface area contributed by atoms with Crippen molar-refractivity contribution in [1.29, 1.82) is 0 Å². The van der Waals surface area contributed by atoms with Crippen LogP contribution in [0.1, 0.15) is 5.56 Å². The molecule has 0 aromatic heterocycles. The zero-order valence-corrected chi connectivity index (χ0v) is 9.51. The van der Waals surface area contributed by atoms with Gasteiger partial charge < -0.3 is 0 Å². The molecule has 13 heavy (non-hydrogen) atoms. The lowest BCUT2D eigenvalue weighted by Crippen LogP contribution is -2.09. The monoisotopic (exact) mass is 262 g/mol. The van der Waals surface area contributed by atoms with Gasteiger partial charge in [0.05, 0.1) is 5.75 Å². The van der Waals surface area contributed by atoms with Crippen molar-refractivity contribution in [2.45, 2.75) is 6.42 Å². The maximum absolute atomic E-state index is 11.1. The van der Waals surface area contributed by atoms with E-state index in [-0.39, 0.29) is 10.4 Å². The van der Waals surface area contributed by atoms with Crippen molar-refractivity contribution in [3.63, 3.8) is 0 Å². The molecule has 0 fully saturated rings. The van der Waals surface area contributed by atoms with Crippen LogP contribution >= 0.6 is 15.9 Å². The summed E-state index contributed by atoms with van der Waals surface area (Å²) in [6, 6.07) is 9.61. The molecule has 0 amide bonds. The lowest BCUT2D eigenvalue weighted by Gasteiger charge is -2.00. The highest BCUT2D eigenvalue weighted by atomic mass is 79.9. The van der Waals surface area contributed by atoms with E-state index in [1.807, 2.05) is 30.3 Å². The van der Waals surface area contributed by atoms with E-state index in [1.54, 1.807) is 0 Å². The van der Waals surface area contributed by atoms with Crippen molar-refractivity contribution in [3.8, 4) is 0 Å². The second kappa shape index (κ2) is 4.77. The molecule has 0 aliphatic rings. The molecule has 0 N–H and O–H groups in total. The Bertz CT molecular complexity index is 345. The summed E-state index contributed by atoms with van der Waals surface area (Å²) in [5, 5.41) is 0. The Morgan fingerprint density at radius 3 is 2.31 bits per heavy atom. The number of alkyl halides is 1. The van der Waals surface area contributed by atoms with E-state index in [0.717, 1.165) is 5.56 Å². The van der Waals surface area contributed by atoms with E-state index < -0.39 is 9.84 Å². The number of rotatable bonds is 4. The number of hydrogen-bond donors (Lipinski definition) is 0. The molecule has 4 heteroatoms. The largest absolute Gasteiger partial charge is 0.228 e. The van der Waals surface area contributed by atoms with Gasteiger partial charge in [0.15, 0.2) is 9.84 Å². The molecule has 0 aliphatic heterocycles. The van der Waals surface area contributed by atoms with Gasteiger partial charge in [0.25, 0.3) is 0 Å². The fraction of sp³-hybridized carbons (Fsp3) is 0.333. The van der Waals surface area contributed by atoms with Crippen LogP contribution in [-0.4, -0.2) is 18.8 Å². The van der Waals surface area contributed by atoms with Gasteiger partial charge in [0.2, 0.25) is 0 Å². The first-order valence-electron chi connectivity index (χ1n) is 3.94. The molecule has 1 aromatic rings. The maximum Gasteiger partial charge on any atom is 0.160 e. The van der Waals surface area contributed by atoms with Crippen molar-refractivity contribution < 1.29 is 8.42 Å². The van der Waals surface area contributed by atoms with E-state index in [4.69, 9.17) is 0 Å². The van der Waals surface area contributed by atoms with Crippen LogP contribution in [0.5, 0.6) is 0 Å². The Morgan fingerprint density at radius 1 is 1.15 bits per heavy atom. The summed E-state index contributed by atoms with van der Waals surface area (Å²) in [4.78, 5) is 0. The summed E-state index contributed by atoms with van der Waals surface area (Å²) >= 11 is 2.96. The van der Waals surface area contributed by atoms with E-state index in [9.17, 15) is 8.42 Å². The third-order valence-electron chi connectivity index (χ3n) is 1.71. The molecule has 0 spiro atoms. The molecule has 1 rings (SSSR count). The van der Waals surface area contributed by atoms with E-state index >= 15 is 0 Å². The van der Waals surface area contributed by atoms with Crippen molar-refractivity contribution in [1.82, 2.24) is 0 Å². The second-order valence-corrected chi connectivity index (χ2v) is 6.28. The van der Waals surface area contributed by atoms with Crippen molar-refractivity contribution >= 4 is 25.8 Å². The van der Waals surface area contributed by atoms with E-state index in [1.165, 1.54) is 0 Å². The number of aryl methyl sites for hydroxylation is 1. The minimum Gasteiger partial charge on any atom is -0.228 e. The van der Waals surface area contributed by atoms with E-state index in [2.05, 4.69) is 15.9 Å². The molecular weight excluding hydrogens is 252 g/mol. The van der Waals surface area contributed by atoms with Gasteiger partial charge in [-0.2, -0.15) is 0 Å². The van der Waals surface area contributed by atoms with Gasteiger partial charge in [0.1, 0.15) is 4.66 Å². The molecule has 0 saturated carbocycles. The summed E-state index contributed by atoms with van der Waals surface area (Å²) in [5.41, 5.74) is 1.06. The molecule has 0 radical (unpaired) electrons. The van der Waals surface area contributed by atoms with Crippen LogP contribution in [0.4, 0.5) is 0 Å². The quantitative estimate of drug-likeness (QED) is 0.778. The molecule has 2 nitrogen and oxygen atoms in total. The third kappa shape index (κ3) is 3.91. The molecule has 0 aliphatic carbocycles. The zero-order valence-electron chi connectivity index (χ0n) is 7.11. The standard InChI is InChI=1S/C9H11BrO2S/c10-8-13(11,12)7-6-9-4-2-1-3-5-9/h1-5H,6-8H2. The first-order valence-corrected chi connectivity index (χ1v) is 6.89. The van der Waals surface area contributed by atoms with Gasteiger partial charge >= 0.3 is 0 Å². The molecule has 0 bridgehead atoms. The van der Waals surface area contributed by atoms with Crippen LogP contribution in [0.15, 0.2) is 30.3 Å². The van der Waals surface area contributed by atoms with E-state index in [0.29, 0.717) is 6.42 Å². The molecule has 72 valence electrons. The summed E-state index contributed by atoms with van der Waals surface area (Å²) in [5.74, 6) is 0.211. The molecule has 1 aromatic carbocycles. The third-order valence-corrected chi connectivity index (χ3v) is 4.96. The van der Waals surface area contributed by atoms with Crippen LogP contribution < -0.4 is 0 Å². The van der Waals surface area contributed by atoms with Crippen LogP contribution in [0.3, 0.4) is 0 Å². The van der Waals surface area contributed by atoms with Gasteiger partial charge in [-0.05, 0) is 12.0 Å². The molecule has 0 heterocycles. The Labute approximate surface area is 87.0 Å². The van der Waals surface area contributed by atoms with Crippen LogP contribution in [0, 0.1) is 0 Å². The van der Waals surface area contributed by atoms with Gasteiger partial charge in [-0.1, -0.05) is 46.3 Å². The van der Waals surface area contributed by atoms with Gasteiger partial charge in [-0.3, -0.25) is 0 Å². The Morgan fingerprint density at radius 2 is 1.77 bits per heavy atom. The highest BCUT2D eigenvalue weighted by Crippen LogP contribution is 2.03. The summed E-state index contributed by atoms with van der Waals surface area (Å²) < 4.78 is 22.3. The fourth-order valence-electron chi connectivity index (χ4n) is 0.973. The smallest absolute Gasteiger partial charge is 0.160 e. The number of sulfone groups is 1. The minimum atomic E-state index is -2.90. The lowest BCUT2D eigenvalue weighted by molar-refractivity contribution is 0.600. The molecule has 0 atom stereocenters. The number of benzene rings is 1. The highest BCUT2D eigenvalue weighted by Gasteiger charge is 2.07. The topological polar surface area (TPSA) is 34.1 Å². The van der Waals surface area contributed by atoms with Gasteiger partial charge in [-0.15, -0.1) is 0 Å². The SMILES string of the molecule is O=S(=O)(CBr)CCc1ccccc1. The van der Waals surface area contributed by atoms with Crippen molar-refractivity contribution in [2.24, 2.45) is 0 Å². The minimum absolute atomic E-state index is 0.0484. The first kappa shape index (κ1) is 10.7. The number of hydrogen-bond acceptors (Lipinski definition) is 2. The summed E-state index contributed by atoms with van der Waals surface area (Å²) in [6.07, 6.45) is 0.592. The Balaban J connectivity index is 2.54. The average molecular weight is 263 g/mol. The molecular formula is C9H11BrO2S. The summed E-state index contributed by atoms with van der Waals surface area (Å²) in [6.45, 7) is 0. The van der Waals surface area contributed by atoms with Crippen LogP contribution in [-0.2, 0) is 16.3 Å². The van der Waals surface area contributed by atoms with Crippen molar-refractivity contribution in [3.05, 3.63) is 35.9 Å². The maximum atomic E-state index is 11.1. The molecule has 0 unspecified atom stereocenters.